The lowest BCUT2D eigenvalue weighted by Gasteiger charge is -1.98. The van der Waals surface area contributed by atoms with Crippen LogP contribution < -0.4 is 0 Å². The summed E-state index contributed by atoms with van der Waals surface area (Å²) >= 11 is 0. The molecule has 0 aromatic carbocycles. The van der Waals surface area contributed by atoms with Gasteiger partial charge in [-0.25, -0.2) is 0 Å². The van der Waals surface area contributed by atoms with Crippen molar-refractivity contribution >= 4 is 18.0 Å². The fourth-order valence-corrected chi connectivity index (χ4v) is 0.699. The van der Waals surface area contributed by atoms with Gasteiger partial charge in [-0.15, -0.1) is 0 Å². The van der Waals surface area contributed by atoms with Crippen LogP contribution in [0.25, 0.3) is 0 Å². The average Bonchev–Trinajstić information content (AvgIpc) is 2.04. The van der Waals surface area contributed by atoms with Crippen molar-refractivity contribution in [1.82, 2.24) is 0 Å². The molecule has 0 aliphatic heterocycles. The highest BCUT2D eigenvalue weighted by Crippen LogP contribution is 1.97. The van der Waals surface area contributed by atoms with Gasteiger partial charge in [-0.2, -0.15) is 0 Å². The van der Waals surface area contributed by atoms with Gasteiger partial charge in [0.25, 0.3) is 0 Å². The smallest absolute Gasteiger partial charge is 0.305 e. The third kappa shape index (κ3) is 5.58. The molecule has 0 saturated carbocycles. The summed E-state index contributed by atoms with van der Waals surface area (Å²) in [5.41, 5.74) is 0. The summed E-state index contributed by atoms with van der Waals surface area (Å²) in [5, 5.41) is 0. The van der Waals surface area contributed by atoms with E-state index in [2.05, 4.69) is 4.74 Å². The van der Waals surface area contributed by atoms with Crippen molar-refractivity contribution in [1.29, 1.82) is 0 Å². The number of hydrogen-bond donors (Lipinski definition) is 0. The van der Waals surface area contributed by atoms with Gasteiger partial charge in [-0.05, 0) is 13.3 Å². The Balaban J connectivity index is 3.36. The van der Waals surface area contributed by atoms with Gasteiger partial charge in [0, 0.05) is 12.8 Å². The molecule has 4 heteroatoms. The number of rotatable bonds is 6. The largest absolute Gasteiger partial charge is 0.466 e. The van der Waals surface area contributed by atoms with Crippen molar-refractivity contribution in [2.45, 2.75) is 26.2 Å². The van der Waals surface area contributed by atoms with E-state index in [1.807, 2.05) is 0 Å². The van der Waals surface area contributed by atoms with Crippen LogP contribution in [0, 0.1) is 0 Å². The van der Waals surface area contributed by atoms with Crippen LogP contribution in [0.1, 0.15) is 26.2 Å². The van der Waals surface area contributed by atoms with Gasteiger partial charge in [0.2, 0.25) is 0 Å². The number of hydrogen-bond acceptors (Lipinski definition) is 4. The number of carbonyl (C=O) groups excluding carboxylic acids is 3. The second-order valence-electron chi connectivity index (χ2n) is 2.24. The Kier molecular flexibility index (Phi) is 5.87. The Morgan fingerprint density at radius 2 is 2.00 bits per heavy atom. The summed E-state index contributed by atoms with van der Waals surface area (Å²) in [6.07, 6.45) is 0.983. The first-order valence-corrected chi connectivity index (χ1v) is 3.84. The van der Waals surface area contributed by atoms with Crippen LogP contribution in [-0.2, 0) is 19.1 Å². The van der Waals surface area contributed by atoms with E-state index in [1.54, 1.807) is 6.92 Å². The molecule has 0 radical (unpaired) electrons. The van der Waals surface area contributed by atoms with Crippen molar-refractivity contribution < 1.29 is 19.1 Å². The van der Waals surface area contributed by atoms with Crippen molar-refractivity contribution in [3.05, 3.63) is 0 Å². The lowest BCUT2D eigenvalue weighted by atomic mass is 10.2. The highest BCUT2D eigenvalue weighted by Gasteiger charge is 2.03. The van der Waals surface area contributed by atoms with Crippen molar-refractivity contribution in [3.63, 3.8) is 0 Å². The van der Waals surface area contributed by atoms with Gasteiger partial charge in [-0.3, -0.25) is 14.4 Å². The van der Waals surface area contributed by atoms with Crippen LogP contribution in [0.4, 0.5) is 0 Å². The molecule has 0 rings (SSSR count). The Labute approximate surface area is 70.9 Å². The van der Waals surface area contributed by atoms with Gasteiger partial charge in [0.15, 0.2) is 12.1 Å². The molecule has 0 aromatic rings. The summed E-state index contributed by atoms with van der Waals surface area (Å²) in [5.74, 6) is -0.796. The average molecular weight is 172 g/mol. The fourth-order valence-electron chi connectivity index (χ4n) is 0.699. The molecule has 12 heavy (non-hydrogen) atoms. The van der Waals surface area contributed by atoms with E-state index in [1.165, 1.54) is 0 Å². The van der Waals surface area contributed by atoms with Crippen molar-refractivity contribution in [2.75, 3.05) is 6.61 Å². The van der Waals surface area contributed by atoms with E-state index in [4.69, 9.17) is 0 Å². The zero-order chi connectivity index (χ0) is 9.40. The molecule has 0 aromatic heterocycles. The SMILES string of the molecule is CCOC(=O)CCCC(=O)C=O. The highest BCUT2D eigenvalue weighted by atomic mass is 16.5. The molecule has 0 spiro atoms. The van der Waals surface area contributed by atoms with E-state index in [0.717, 1.165) is 0 Å². The van der Waals surface area contributed by atoms with Crippen LogP contribution in [0.2, 0.25) is 0 Å². The molecule has 4 nitrogen and oxygen atoms in total. The fraction of sp³-hybridized carbons (Fsp3) is 0.625. The topological polar surface area (TPSA) is 60.4 Å². The van der Waals surface area contributed by atoms with Crippen molar-refractivity contribution in [2.24, 2.45) is 0 Å². The molecule has 0 aliphatic rings. The predicted octanol–water partition coefficient (Wildman–Crippen LogP) is 0.488. The number of Topliss-reactive ketones (excluding diaryl/α,β-unsaturated/α-hetero) is 1. The molecule has 0 aliphatic carbocycles. The predicted molar refractivity (Wildman–Crippen MR) is 41.6 cm³/mol. The molecule has 0 heterocycles. The number of aldehydes is 1. The third-order valence-electron chi connectivity index (χ3n) is 1.24. The minimum Gasteiger partial charge on any atom is -0.466 e. The third-order valence-corrected chi connectivity index (χ3v) is 1.24. The number of carbonyl (C=O) groups is 3. The molecule has 0 bridgehead atoms. The maximum atomic E-state index is 10.7. The molecular formula is C8H12O4. The summed E-state index contributed by atoms with van der Waals surface area (Å²) in [6.45, 7) is 2.06. The molecule has 68 valence electrons. The molecular weight excluding hydrogens is 160 g/mol. The Hall–Kier alpha value is -1.19. The number of esters is 1. The lowest BCUT2D eigenvalue weighted by Crippen LogP contribution is -2.05. The van der Waals surface area contributed by atoms with Crippen LogP contribution in [0.15, 0.2) is 0 Å². The molecule has 0 unspecified atom stereocenters. The van der Waals surface area contributed by atoms with Gasteiger partial charge in [0.1, 0.15) is 0 Å². The number of ether oxygens (including phenoxy) is 1. The molecule has 0 N–H and O–H groups in total. The molecule has 0 saturated heterocycles. The van der Waals surface area contributed by atoms with E-state index in [0.29, 0.717) is 13.0 Å². The zero-order valence-corrected chi connectivity index (χ0v) is 7.04. The zero-order valence-electron chi connectivity index (χ0n) is 7.04. The molecule has 0 atom stereocenters. The highest BCUT2D eigenvalue weighted by molar-refractivity contribution is 6.24. The number of ketones is 1. The summed E-state index contributed by atoms with van der Waals surface area (Å²) in [4.78, 5) is 31.0. The van der Waals surface area contributed by atoms with Gasteiger partial charge < -0.3 is 4.74 Å². The molecule has 0 amide bonds. The summed E-state index contributed by atoms with van der Waals surface area (Å²) in [7, 11) is 0. The standard InChI is InChI=1S/C8H12O4/c1-2-12-8(11)5-3-4-7(10)6-9/h6H,2-5H2,1H3. The maximum absolute atomic E-state index is 10.7. The van der Waals surface area contributed by atoms with Crippen molar-refractivity contribution in [3.8, 4) is 0 Å². The first-order valence-electron chi connectivity index (χ1n) is 3.84. The van der Waals surface area contributed by atoms with Crippen LogP contribution in [0.5, 0.6) is 0 Å². The minimum atomic E-state index is -0.473. The maximum Gasteiger partial charge on any atom is 0.305 e. The monoisotopic (exact) mass is 172 g/mol. The van der Waals surface area contributed by atoms with E-state index in [-0.39, 0.29) is 25.1 Å². The van der Waals surface area contributed by atoms with E-state index >= 15 is 0 Å². The Morgan fingerprint density at radius 1 is 1.33 bits per heavy atom. The van der Waals surface area contributed by atoms with E-state index < -0.39 is 5.78 Å². The first-order chi connectivity index (χ1) is 5.70. The second kappa shape index (κ2) is 6.52. The Morgan fingerprint density at radius 3 is 2.50 bits per heavy atom. The van der Waals surface area contributed by atoms with Gasteiger partial charge in [-0.1, -0.05) is 0 Å². The summed E-state index contributed by atoms with van der Waals surface area (Å²) in [6, 6.07) is 0. The quantitative estimate of drug-likeness (QED) is 0.332. The Bertz CT molecular complexity index is 174. The lowest BCUT2D eigenvalue weighted by molar-refractivity contribution is -0.143. The first kappa shape index (κ1) is 10.8. The normalized spacial score (nSPS) is 9.08. The second-order valence-corrected chi connectivity index (χ2v) is 2.24. The van der Waals surface area contributed by atoms with Gasteiger partial charge >= 0.3 is 5.97 Å². The van der Waals surface area contributed by atoms with E-state index in [9.17, 15) is 14.4 Å². The van der Waals surface area contributed by atoms with Gasteiger partial charge in [0.05, 0.1) is 6.61 Å². The van der Waals surface area contributed by atoms with Crippen LogP contribution in [0.3, 0.4) is 0 Å². The minimum absolute atomic E-state index is 0.127. The van der Waals surface area contributed by atoms with Crippen LogP contribution in [-0.4, -0.2) is 24.6 Å². The summed E-state index contributed by atoms with van der Waals surface area (Å²) < 4.78 is 4.62. The molecule has 0 fully saturated rings. The van der Waals surface area contributed by atoms with Crippen LogP contribution >= 0.6 is 0 Å².